The summed E-state index contributed by atoms with van der Waals surface area (Å²) in [5.41, 5.74) is 4.67. The van der Waals surface area contributed by atoms with E-state index in [9.17, 15) is 4.79 Å². The van der Waals surface area contributed by atoms with Gasteiger partial charge < -0.3 is 4.90 Å². The third-order valence-electron chi connectivity index (χ3n) is 6.95. The number of benzene rings is 1. The van der Waals surface area contributed by atoms with Gasteiger partial charge in [-0.25, -0.2) is 4.98 Å². The van der Waals surface area contributed by atoms with E-state index in [1.807, 2.05) is 44.2 Å². The predicted octanol–water partition coefficient (Wildman–Crippen LogP) is 4.26. The van der Waals surface area contributed by atoms with Crippen LogP contribution in [0.15, 0.2) is 30.5 Å². The van der Waals surface area contributed by atoms with E-state index in [1.54, 1.807) is 5.01 Å². The molecule has 3 heterocycles. The van der Waals surface area contributed by atoms with Crippen molar-refractivity contribution in [1.29, 1.82) is 5.26 Å². The van der Waals surface area contributed by atoms with Gasteiger partial charge in [0.1, 0.15) is 11.1 Å². The first kappa shape index (κ1) is 26.3. The predicted molar refractivity (Wildman–Crippen MR) is 142 cm³/mol. The van der Waals surface area contributed by atoms with Crippen LogP contribution < -0.4 is 10.4 Å². The number of hydrogen-bond donors (Lipinski definition) is 1. The smallest absolute Gasteiger partial charge is 0.269 e. The Morgan fingerprint density at radius 1 is 1.17 bits per heavy atom. The fourth-order valence-corrected chi connectivity index (χ4v) is 5.28. The Morgan fingerprint density at radius 3 is 2.50 bits per heavy atom. The zero-order valence-corrected chi connectivity index (χ0v) is 22.0. The lowest BCUT2D eigenvalue weighted by Crippen LogP contribution is -2.46. The maximum absolute atomic E-state index is 13.0. The highest BCUT2D eigenvalue weighted by molar-refractivity contribution is 6.32. The monoisotopic (exact) mass is 509 g/mol. The Morgan fingerprint density at radius 2 is 1.86 bits per heavy atom. The lowest BCUT2D eigenvalue weighted by Gasteiger charge is -2.40. The number of amides is 1. The standard InChI is InChI=1S/C27H36ClN7O/c1-20(2)18-35(26-24(28)17-30-25(16-29)31-26)32-27(36)22-8-6-21(7-9-22)19-33-14-10-23(11-15-33)34-12-4-3-5-13-34/h6-9,17,20,23H,3-5,10-15,18-19H2,1-2H3,(H,32,36). The van der Waals surface area contributed by atoms with Gasteiger partial charge >= 0.3 is 0 Å². The van der Waals surface area contributed by atoms with Crippen LogP contribution in [-0.4, -0.2) is 64.4 Å². The molecule has 1 aromatic heterocycles. The highest BCUT2D eigenvalue weighted by Gasteiger charge is 2.25. The Labute approximate surface area is 219 Å². The van der Waals surface area contributed by atoms with E-state index in [4.69, 9.17) is 16.9 Å². The molecule has 192 valence electrons. The summed E-state index contributed by atoms with van der Waals surface area (Å²) in [4.78, 5) is 26.4. The molecule has 0 unspecified atom stereocenters. The Hall–Kier alpha value is -2.73. The molecule has 0 aliphatic carbocycles. The summed E-state index contributed by atoms with van der Waals surface area (Å²) in [6.45, 7) is 10.2. The van der Waals surface area contributed by atoms with Gasteiger partial charge in [-0.15, -0.1) is 0 Å². The van der Waals surface area contributed by atoms with Gasteiger partial charge in [-0.1, -0.05) is 44.0 Å². The Balaban J connectivity index is 1.34. The molecule has 2 aliphatic rings. The molecule has 1 aromatic carbocycles. The largest absolute Gasteiger partial charge is 0.300 e. The second-order valence-corrected chi connectivity index (χ2v) is 10.6. The van der Waals surface area contributed by atoms with E-state index in [0.29, 0.717) is 17.9 Å². The molecule has 0 spiro atoms. The van der Waals surface area contributed by atoms with Crippen molar-refractivity contribution >= 4 is 23.3 Å². The number of nitriles is 1. The first-order chi connectivity index (χ1) is 17.4. The van der Waals surface area contributed by atoms with Gasteiger partial charge in [0.15, 0.2) is 5.82 Å². The van der Waals surface area contributed by atoms with Gasteiger partial charge in [0.25, 0.3) is 5.91 Å². The fraction of sp³-hybridized carbons (Fsp3) is 0.556. The number of piperidine rings is 2. The van der Waals surface area contributed by atoms with Crippen LogP contribution in [0, 0.1) is 17.2 Å². The van der Waals surface area contributed by atoms with Crippen molar-refractivity contribution in [2.24, 2.45) is 5.92 Å². The average Bonchev–Trinajstić information content (AvgIpc) is 2.90. The molecule has 36 heavy (non-hydrogen) atoms. The zero-order chi connectivity index (χ0) is 25.5. The summed E-state index contributed by atoms with van der Waals surface area (Å²) in [6.07, 6.45) is 7.95. The number of carbonyl (C=O) groups is 1. The maximum atomic E-state index is 13.0. The summed E-state index contributed by atoms with van der Waals surface area (Å²) < 4.78 is 0. The van der Waals surface area contributed by atoms with Crippen LogP contribution >= 0.6 is 11.6 Å². The number of halogens is 1. The van der Waals surface area contributed by atoms with Gasteiger partial charge in [-0.3, -0.25) is 20.1 Å². The van der Waals surface area contributed by atoms with E-state index in [1.165, 1.54) is 57.0 Å². The van der Waals surface area contributed by atoms with Crippen LogP contribution in [-0.2, 0) is 6.54 Å². The number of nitrogens with zero attached hydrogens (tertiary/aromatic N) is 6. The van der Waals surface area contributed by atoms with E-state index >= 15 is 0 Å². The van der Waals surface area contributed by atoms with Gasteiger partial charge in [0.2, 0.25) is 5.82 Å². The highest BCUT2D eigenvalue weighted by Crippen LogP contribution is 2.23. The number of hydrazine groups is 1. The molecule has 2 aromatic rings. The molecular weight excluding hydrogens is 474 g/mol. The van der Waals surface area contributed by atoms with Crippen molar-refractivity contribution in [3.05, 3.63) is 52.4 Å². The molecule has 2 aliphatic heterocycles. The van der Waals surface area contributed by atoms with Gasteiger partial charge in [0, 0.05) is 24.7 Å². The fourth-order valence-electron chi connectivity index (χ4n) is 5.08. The van der Waals surface area contributed by atoms with Crippen LogP contribution in [0.25, 0.3) is 0 Å². The van der Waals surface area contributed by atoms with Crippen molar-refractivity contribution in [3.63, 3.8) is 0 Å². The Kier molecular flexibility index (Phi) is 9.13. The van der Waals surface area contributed by atoms with E-state index < -0.39 is 0 Å². The molecule has 9 heteroatoms. The number of nitrogens with one attached hydrogen (secondary N) is 1. The molecule has 0 saturated carbocycles. The summed E-state index contributed by atoms with van der Waals surface area (Å²) in [5.74, 6) is 0.289. The number of hydrogen-bond acceptors (Lipinski definition) is 7. The van der Waals surface area contributed by atoms with E-state index in [-0.39, 0.29) is 22.7 Å². The van der Waals surface area contributed by atoms with Crippen molar-refractivity contribution < 1.29 is 4.79 Å². The Bertz CT molecular complexity index is 1050. The summed E-state index contributed by atoms with van der Waals surface area (Å²) in [7, 11) is 0. The number of likely N-dealkylation sites (tertiary alicyclic amines) is 2. The lowest BCUT2D eigenvalue weighted by molar-refractivity contribution is 0.0896. The van der Waals surface area contributed by atoms with Gasteiger partial charge in [-0.05, 0) is 75.5 Å². The normalized spacial score (nSPS) is 17.6. The SMILES string of the molecule is CC(C)CN(NC(=O)c1ccc(CN2CCC(N3CCCCC3)CC2)cc1)c1nc(C#N)ncc1Cl. The summed E-state index contributed by atoms with van der Waals surface area (Å²) >= 11 is 6.29. The van der Waals surface area contributed by atoms with Crippen LogP contribution in [0.4, 0.5) is 5.82 Å². The van der Waals surface area contributed by atoms with Crippen LogP contribution in [0.5, 0.6) is 0 Å². The topological polar surface area (TPSA) is 88.4 Å². The molecule has 2 saturated heterocycles. The van der Waals surface area contributed by atoms with Crippen molar-refractivity contribution in [2.45, 2.75) is 58.5 Å². The minimum absolute atomic E-state index is 0.00159. The number of anilines is 1. The molecule has 2 fully saturated rings. The van der Waals surface area contributed by atoms with Crippen molar-refractivity contribution in [2.75, 3.05) is 37.7 Å². The van der Waals surface area contributed by atoms with Crippen molar-refractivity contribution in [1.82, 2.24) is 25.2 Å². The van der Waals surface area contributed by atoms with Crippen molar-refractivity contribution in [3.8, 4) is 6.07 Å². The molecule has 1 N–H and O–H groups in total. The molecule has 0 radical (unpaired) electrons. The third kappa shape index (κ3) is 6.94. The number of rotatable bonds is 8. The van der Waals surface area contributed by atoms with Crippen LogP contribution in [0.2, 0.25) is 5.02 Å². The molecule has 8 nitrogen and oxygen atoms in total. The first-order valence-electron chi connectivity index (χ1n) is 13.0. The molecule has 4 rings (SSSR count). The van der Waals surface area contributed by atoms with Gasteiger partial charge in [0.05, 0.1) is 6.20 Å². The van der Waals surface area contributed by atoms with Crippen LogP contribution in [0.1, 0.15) is 67.7 Å². The quantitative estimate of drug-likeness (QED) is 0.532. The number of aromatic nitrogens is 2. The van der Waals surface area contributed by atoms with E-state index in [2.05, 4.69) is 25.2 Å². The lowest BCUT2D eigenvalue weighted by atomic mass is 9.99. The highest BCUT2D eigenvalue weighted by atomic mass is 35.5. The summed E-state index contributed by atoms with van der Waals surface area (Å²) in [6, 6.07) is 10.5. The zero-order valence-electron chi connectivity index (χ0n) is 21.3. The number of carbonyl (C=O) groups excluding carboxylic acids is 1. The first-order valence-corrected chi connectivity index (χ1v) is 13.4. The molecule has 0 bridgehead atoms. The second-order valence-electron chi connectivity index (χ2n) is 10.2. The molecular formula is C27H36ClN7O. The minimum Gasteiger partial charge on any atom is -0.300 e. The van der Waals surface area contributed by atoms with Crippen LogP contribution in [0.3, 0.4) is 0 Å². The molecule has 1 amide bonds. The maximum Gasteiger partial charge on any atom is 0.269 e. The molecule has 0 atom stereocenters. The second kappa shape index (κ2) is 12.5. The average molecular weight is 510 g/mol. The third-order valence-corrected chi connectivity index (χ3v) is 7.22. The van der Waals surface area contributed by atoms with Gasteiger partial charge in [-0.2, -0.15) is 10.2 Å². The minimum atomic E-state index is -0.252. The summed E-state index contributed by atoms with van der Waals surface area (Å²) in [5, 5.41) is 11.0. The van der Waals surface area contributed by atoms with E-state index in [0.717, 1.165) is 25.7 Å².